The van der Waals surface area contributed by atoms with Crippen molar-refractivity contribution in [3.05, 3.63) is 29.6 Å². The summed E-state index contributed by atoms with van der Waals surface area (Å²) in [7, 11) is 1.85. The lowest BCUT2D eigenvalue weighted by molar-refractivity contribution is -0.134. The second-order valence-corrected chi connectivity index (χ2v) is 4.65. The third-order valence-electron chi connectivity index (χ3n) is 3.13. The number of hydrogen-bond acceptors (Lipinski definition) is 3. The summed E-state index contributed by atoms with van der Waals surface area (Å²) in [5.74, 6) is 0.364. The van der Waals surface area contributed by atoms with Crippen molar-refractivity contribution < 1.29 is 4.79 Å². The van der Waals surface area contributed by atoms with Gasteiger partial charge in [0.1, 0.15) is 0 Å². The quantitative estimate of drug-likeness (QED) is 0.845. The van der Waals surface area contributed by atoms with Gasteiger partial charge in [0.05, 0.1) is 18.2 Å². The first-order valence-corrected chi connectivity index (χ1v) is 6.05. The van der Waals surface area contributed by atoms with Crippen LogP contribution < -0.4 is 5.32 Å². The van der Waals surface area contributed by atoms with E-state index in [-0.39, 0.29) is 11.8 Å². The first-order valence-electron chi connectivity index (χ1n) is 6.05. The maximum Gasteiger partial charge on any atom is 0.227 e. The van der Waals surface area contributed by atoms with Gasteiger partial charge < -0.3 is 10.2 Å². The molecule has 1 unspecified atom stereocenters. The van der Waals surface area contributed by atoms with E-state index in [1.807, 2.05) is 32.2 Å². The zero-order chi connectivity index (χ0) is 12.3. The minimum Gasteiger partial charge on any atom is -0.340 e. The SMILES string of the molecule is Cc1cccc(CN(C)C(=O)C2CCNC2)n1. The summed E-state index contributed by atoms with van der Waals surface area (Å²) in [5, 5.41) is 3.22. The highest BCUT2D eigenvalue weighted by Crippen LogP contribution is 2.12. The van der Waals surface area contributed by atoms with E-state index < -0.39 is 0 Å². The van der Waals surface area contributed by atoms with E-state index in [4.69, 9.17) is 0 Å². The molecule has 1 fully saturated rings. The second-order valence-electron chi connectivity index (χ2n) is 4.65. The van der Waals surface area contributed by atoms with Crippen molar-refractivity contribution in [2.24, 2.45) is 5.92 Å². The van der Waals surface area contributed by atoms with E-state index in [9.17, 15) is 4.79 Å². The van der Waals surface area contributed by atoms with E-state index in [1.54, 1.807) is 4.90 Å². The second kappa shape index (κ2) is 5.27. The van der Waals surface area contributed by atoms with Crippen molar-refractivity contribution in [3.8, 4) is 0 Å². The maximum absolute atomic E-state index is 12.1. The van der Waals surface area contributed by atoms with Gasteiger partial charge in [-0.3, -0.25) is 9.78 Å². The summed E-state index contributed by atoms with van der Waals surface area (Å²) >= 11 is 0. The normalized spacial score (nSPS) is 19.3. The Kier molecular flexibility index (Phi) is 3.74. The van der Waals surface area contributed by atoms with E-state index in [0.717, 1.165) is 30.9 Å². The molecule has 0 radical (unpaired) electrons. The molecule has 0 aromatic carbocycles. The number of carbonyl (C=O) groups excluding carboxylic acids is 1. The summed E-state index contributed by atoms with van der Waals surface area (Å²) in [4.78, 5) is 18.3. The maximum atomic E-state index is 12.1. The Bertz CT molecular complexity index is 399. The Hall–Kier alpha value is -1.42. The fourth-order valence-corrected chi connectivity index (χ4v) is 2.19. The third-order valence-corrected chi connectivity index (χ3v) is 3.13. The topological polar surface area (TPSA) is 45.2 Å². The number of nitrogens with one attached hydrogen (secondary N) is 1. The molecule has 4 heteroatoms. The molecule has 2 rings (SSSR count). The van der Waals surface area contributed by atoms with Gasteiger partial charge in [-0.1, -0.05) is 6.07 Å². The molecule has 1 N–H and O–H groups in total. The van der Waals surface area contributed by atoms with Crippen LogP contribution in [-0.2, 0) is 11.3 Å². The van der Waals surface area contributed by atoms with Gasteiger partial charge in [0.2, 0.25) is 5.91 Å². The number of hydrogen-bond donors (Lipinski definition) is 1. The number of amides is 1. The molecular weight excluding hydrogens is 214 g/mol. The van der Waals surface area contributed by atoms with E-state index in [0.29, 0.717) is 6.54 Å². The number of aryl methyl sites for hydroxylation is 1. The van der Waals surface area contributed by atoms with Gasteiger partial charge in [-0.25, -0.2) is 0 Å². The molecule has 0 saturated carbocycles. The molecule has 1 amide bonds. The van der Waals surface area contributed by atoms with Crippen LogP contribution in [0.3, 0.4) is 0 Å². The number of aromatic nitrogens is 1. The highest BCUT2D eigenvalue weighted by Gasteiger charge is 2.25. The van der Waals surface area contributed by atoms with Crippen LogP contribution in [0.25, 0.3) is 0 Å². The fraction of sp³-hybridized carbons (Fsp3) is 0.538. The Balaban J connectivity index is 1.96. The van der Waals surface area contributed by atoms with Crippen LogP contribution in [0.5, 0.6) is 0 Å². The van der Waals surface area contributed by atoms with Crippen molar-refractivity contribution in [1.29, 1.82) is 0 Å². The molecule has 0 bridgehead atoms. The monoisotopic (exact) mass is 233 g/mol. The van der Waals surface area contributed by atoms with Crippen molar-refractivity contribution in [3.63, 3.8) is 0 Å². The molecule has 0 spiro atoms. The predicted octanol–water partition coefficient (Wildman–Crippen LogP) is 0.958. The third kappa shape index (κ3) is 3.03. The lowest BCUT2D eigenvalue weighted by Gasteiger charge is -2.20. The van der Waals surface area contributed by atoms with Crippen LogP contribution >= 0.6 is 0 Å². The molecule has 0 aliphatic carbocycles. The minimum absolute atomic E-state index is 0.143. The summed E-state index contributed by atoms with van der Waals surface area (Å²) in [6.07, 6.45) is 0.949. The van der Waals surface area contributed by atoms with Crippen LogP contribution in [0.4, 0.5) is 0 Å². The van der Waals surface area contributed by atoms with Crippen LogP contribution in [-0.4, -0.2) is 35.9 Å². The lowest BCUT2D eigenvalue weighted by atomic mass is 10.1. The zero-order valence-corrected chi connectivity index (χ0v) is 10.4. The molecule has 92 valence electrons. The Labute approximate surface area is 102 Å². The van der Waals surface area contributed by atoms with E-state index in [2.05, 4.69) is 10.3 Å². The molecule has 1 saturated heterocycles. The average Bonchev–Trinajstić information content (AvgIpc) is 2.81. The van der Waals surface area contributed by atoms with Crippen LogP contribution in [0.1, 0.15) is 17.8 Å². The van der Waals surface area contributed by atoms with Gasteiger partial charge >= 0.3 is 0 Å². The zero-order valence-electron chi connectivity index (χ0n) is 10.4. The Morgan fingerprint density at radius 1 is 1.59 bits per heavy atom. The van der Waals surface area contributed by atoms with Crippen molar-refractivity contribution in [2.45, 2.75) is 19.9 Å². The number of rotatable bonds is 3. The standard InChI is InChI=1S/C13H19N3O/c1-10-4-3-5-12(15-10)9-16(2)13(17)11-6-7-14-8-11/h3-5,11,14H,6-9H2,1-2H3. The number of nitrogens with zero attached hydrogens (tertiary/aromatic N) is 2. The largest absolute Gasteiger partial charge is 0.340 e. The molecule has 1 atom stereocenters. The Morgan fingerprint density at radius 2 is 2.41 bits per heavy atom. The number of carbonyl (C=O) groups is 1. The van der Waals surface area contributed by atoms with E-state index >= 15 is 0 Å². The molecule has 4 nitrogen and oxygen atoms in total. The molecule has 2 heterocycles. The summed E-state index contributed by atoms with van der Waals surface area (Å²) in [6, 6.07) is 5.91. The molecule has 1 aromatic heterocycles. The Morgan fingerprint density at radius 3 is 3.06 bits per heavy atom. The van der Waals surface area contributed by atoms with Crippen LogP contribution in [0.2, 0.25) is 0 Å². The van der Waals surface area contributed by atoms with Gasteiger partial charge in [-0.2, -0.15) is 0 Å². The predicted molar refractivity (Wildman–Crippen MR) is 66.4 cm³/mol. The van der Waals surface area contributed by atoms with Crippen molar-refractivity contribution in [1.82, 2.24) is 15.2 Å². The minimum atomic E-state index is 0.143. The van der Waals surface area contributed by atoms with Crippen LogP contribution in [0, 0.1) is 12.8 Å². The first kappa shape index (κ1) is 12.0. The summed E-state index contributed by atoms with van der Waals surface area (Å²) in [6.45, 7) is 4.32. The number of pyridine rings is 1. The molecule has 17 heavy (non-hydrogen) atoms. The van der Waals surface area contributed by atoms with Crippen LogP contribution in [0.15, 0.2) is 18.2 Å². The smallest absolute Gasteiger partial charge is 0.227 e. The van der Waals surface area contributed by atoms with Gasteiger partial charge in [-0.15, -0.1) is 0 Å². The molecular formula is C13H19N3O. The van der Waals surface area contributed by atoms with Gasteiger partial charge in [0.25, 0.3) is 0 Å². The highest BCUT2D eigenvalue weighted by molar-refractivity contribution is 5.79. The van der Waals surface area contributed by atoms with Gasteiger partial charge in [0, 0.05) is 19.3 Å². The molecule has 1 aliphatic rings. The molecule has 1 aliphatic heterocycles. The summed E-state index contributed by atoms with van der Waals surface area (Å²) < 4.78 is 0. The van der Waals surface area contributed by atoms with Gasteiger partial charge in [-0.05, 0) is 32.0 Å². The van der Waals surface area contributed by atoms with Crippen molar-refractivity contribution >= 4 is 5.91 Å². The van der Waals surface area contributed by atoms with E-state index in [1.165, 1.54) is 0 Å². The fourth-order valence-electron chi connectivity index (χ4n) is 2.19. The average molecular weight is 233 g/mol. The van der Waals surface area contributed by atoms with Gasteiger partial charge in [0.15, 0.2) is 0 Å². The molecule has 1 aromatic rings. The highest BCUT2D eigenvalue weighted by atomic mass is 16.2. The summed E-state index contributed by atoms with van der Waals surface area (Å²) in [5.41, 5.74) is 1.94. The first-order chi connectivity index (χ1) is 8.16. The lowest BCUT2D eigenvalue weighted by Crippen LogP contribution is -2.33. The van der Waals surface area contributed by atoms with Crippen molar-refractivity contribution in [2.75, 3.05) is 20.1 Å².